The molecule has 19 heavy (non-hydrogen) atoms. The van der Waals surface area contributed by atoms with E-state index in [0.717, 1.165) is 0 Å². The van der Waals surface area contributed by atoms with Crippen LogP contribution in [-0.4, -0.2) is 49.5 Å². The Hall–Kier alpha value is -0.790. The fraction of sp³-hybridized carbons (Fsp3) is 0.909. The van der Waals surface area contributed by atoms with Gasteiger partial charge in [-0.2, -0.15) is 13.2 Å². The van der Waals surface area contributed by atoms with Gasteiger partial charge in [0, 0.05) is 19.5 Å². The summed E-state index contributed by atoms with van der Waals surface area (Å²) >= 11 is 0. The minimum atomic E-state index is -4.36. The van der Waals surface area contributed by atoms with Crippen molar-refractivity contribution in [3.63, 3.8) is 0 Å². The number of sulfone groups is 1. The molecule has 1 amide bonds. The van der Waals surface area contributed by atoms with E-state index in [1.807, 2.05) is 0 Å². The number of nitrogens with zero attached hydrogens (tertiary/aromatic N) is 1. The summed E-state index contributed by atoms with van der Waals surface area (Å²) in [4.78, 5) is 12.6. The van der Waals surface area contributed by atoms with Crippen LogP contribution in [0.3, 0.4) is 0 Å². The van der Waals surface area contributed by atoms with Gasteiger partial charge in [0.2, 0.25) is 5.91 Å². The number of likely N-dealkylation sites (tertiary alicyclic amines) is 1. The first-order valence-corrected chi connectivity index (χ1v) is 7.79. The number of rotatable bonds is 5. The average molecular weight is 301 g/mol. The van der Waals surface area contributed by atoms with Gasteiger partial charge in [0.15, 0.2) is 9.84 Å². The Morgan fingerprint density at radius 3 is 2.26 bits per heavy atom. The predicted molar refractivity (Wildman–Crippen MR) is 64.3 cm³/mol. The lowest BCUT2D eigenvalue weighted by atomic mass is 10.1. The van der Waals surface area contributed by atoms with Crippen LogP contribution in [0, 0.1) is 5.92 Å². The second-order valence-electron chi connectivity index (χ2n) is 5.26. The van der Waals surface area contributed by atoms with E-state index in [1.165, 1.54) is 4.90 Å². The molecule has 0 bridgehead atoms. The molecule has 0 atom stereocenters. The number of amides is 1. The highest BCUT2D eigenvalue weighted by atomic mass is 32.2. The molecule has 1 aliphatic rings. The highest BCUT2D eigenvalue weighted by Gasteiger charge is 2.40. The van der Waals surface area contributed by atoms with E-state index in [9.17, 15) is 26.4 Å². The van der Waals surface area contributed by atoms with Crippen molar-refractivity contribution < 1.29 is 26.4 Å². The Labute approximate surface area is 110 Å². The SMILES string of the molecule is CC(C)CS(=O)(=O)C1CN(C(=O)CCC(F)(F)F)C1. The van der Waals surface area contributed by atoms with Crippen LogP contribution >= 0.6 is 0 Å². The molecule has 4 nitrogen and oxygen atoms in total. The molecule has 0 aliphatic carbocycles. The molecular weight excluding hydrogens is 283 g/mol. The molecule has 0 aromatic carbocycles. The lowest BCUT2D eigenvalue weighted by Crippen LogP contribution is -2.57. The first-order chi connectivity index (χ1) is 8.51. The molecule has 1 saturated heterocycles. The van der Waals surface area contributed by atoms with Crippen LogP contribution in [0.2, 0.25) is 0 Å². The number of carbonyl (C=O) groups is 1. The molecule has 1 heterocycles. The number of alkyl halides is 3. The smallest absolute Gasteiger partial charge is 0.340 e. The largest absolute Gasteiger partial charge is 0.389 e. The molecule has 1 fully saturated rings. The van der Waals surface area contributed by atoms with Crippen LogP contribution in [0.25, 0.3) is 0 Å². The Bertz CT molecular complexity index is 425. The van der Waals surface area contributed by atoms with Crippen LogP contribution in [0.5, 0.6) is 0 Å². The Balaban J connectivity index is 2.39. The summed E-state index contributed by atoms with van der Waals surface area (Å²) in [6, 6.07) is 0. The summed E-state index contributed by atoms with van der Waals surface area (Å²) in [5, 5.41) is -0.621. The summed E-state index contributed by atoms with van der Waals surface area (Å²) in [7, 11) is -3.25. The molecule has 0 N–H and O–H groups in total. The minimum Gasteiger partial charge on any atom is -0.340 e. The highest BCUT2D eigenvalue weighted by Crippen LogP contribution is 2.24. The van der Waals surface area contributed by atoms with Crippen molar-refractivity contribution in [3.8, 4) is 0 Å². The topological polar surface area (TPSA) is 54.5 Å². The molecule has 0 aromatic heterocycles. The minimum absolute atomic E-state index is 0.0000176. The molecule has 0 saturated carbocycles. The Morgan fingerprint density at radius 2 is 1.84 bits per heavy atom. The number of halogens is 3. The van der Waals surface area contributed by atoms with Crippen LogP contribution < -0.4 is 0 Å². The van der Waals surface area contributed by atoms with Crippen LogP contribution in [0.4, 0.5) is 13.2 Å². The van der Waals surface area contributed by atoms with Crippen molar-refractivity contribution in [1.29, 1.82) is 0 Å². The van der Waals surface area contributed by atoms with Crippen molar-refractivity contribution in [1.82, 2.24) is 4.90 Å². The third-order valence-electron chi connectivity index (χ3n) is 2.90. The van der Waals surface area contributed by atoms with Gasteiger partial charge >= 0.3 is 6.18 Å². The average Bonchev–Trinajstić information content (AvgIpc) is 2.07. The molecule has 8 heteroatoms. The summed E-state index contributed by atoms with van der Waals surface area (Å²) in [5.74, 6) is -0.587. The second-order valence-corrected chi connectivity index (χ2v) is 7.59. The fourth-order valence-corrected chi connectivity index (χ4v) is 3.89. The van der Waals surface area contributed by atoms with Crippen LogP contribution in [0.15, 0.2) is 0 Å². The van der Waals surface area contributed by atoms with E-state index in [2.05, 4.69) is 0 Å². The van der Waals surface area contributed by atoms with E-state index < -0.39 is 40.0 Å². The zero-order valence-electron chi connectivity index (χ0n) is 10.9. The van der Waals surface area contributed by atoms with Crippen molar-refractivity contribution in [2.24, 2.45) is 5.92 Å². The standard InChI is InChI=1S/C11H18F3NO3S/c1-8(2)7-19(17,18)9-5-15(6-9)10(16)3-4-11(12,13)14/h8-9H,3-7H2,1-2H3. The third-order valence-corrected chi connectivity index (χ3v) is 5.34. The Morgan fingerprint density at radius 1 is 1.32 bits per heavy atom. The maximum Gasteiger partial charge on any atom is 0.389 e. The van der Waals surface area contributed by atoms with Gasteiger partial charge in [-0.1, -0.05) is 13.8 Å². The summed E-state index contributed by atoms with van der Waals surface area (Å²) in [5.41, 5.74) is 0. The third kappa shape index (κ3) is 5.00. The summed E-state index contributed by atoms with van der Waals surface area (Å²) < 4.78 is 59.4. The van der Waals surface area contributed by atoms with E-state index in [0.29, 0.717) is 0 Å². The number of carbonyl (C=O) groups excluding carboxylic acids is 1. The van der Waals surface area contributed by atoms with Gasteiger partial charge < -0.3 is 4.90 Å². The van der Waals surface area contributed by atoms with Gasteiger partial charge in [-0.3, -0.25) is 4.79 Å². The molecular formula is C11H18F3NO3S. The maximum absolute atomic E-state index is 11.9. The van der Waals surface area contributed by atoms with Crippen LogP contribution in [0.1, 0.15) is 26.7 Å². The molecule has 1 rings (SSSR count). The molecule has 1 aliphatic heterocycles. The monoisotopic (exact) mass is 301 g/mol. The molecule has 112 valence electrons. The van der Waals surface area contributed by atoms with Gasteiger partial charge in [-0.05, 0) is 5.92 Å². The lowest BCUT2D eigenvalue weighted by Gasteiger charge is -2.39. The first-order valence-electron chi connectivity index (χ1n) is 6.07. The van der Waals surface area contributed by atoms with Crippen molar-refractivity contribution in [3.05, 3.63) is 0 Å². The van der Waals surface area contributed by atoms with E-state index in [-0.39, 0.29) is 24.8 Å². The van der Waals surface area contributed by atoms with Gasteiger partial charge in [0.25, 0.3) is 0 Å². The predicted octanol–water partition coefficient (Wildman–Crippen LogP) is 1.61. The summed E-state index contributed by atoms with van der Waals surface area (Å²) in [6.07, 6.45) is -6.13. The van der Waals surface area contributed by atoms with Gasteiger partial charge in [0.05, 0.1) is 17.4 Å². The molecule has 0 radical (unpaired) electrons. The maximum atomic E-state index is 11.9. The van der Waals surface area contributed by atoms with E-state index in [1.54, 1.807) is 13.8 Å². The van der Waals surface area contributed by atoms with Crippen molar-refractivity contribution in [2.75, 3.05) is 18.8 Å². The van der Waals surface area contributed by atoms with Gasteiger partial charge in [-0.15, -0.1) is 0 Å². The highest BCUT2D eigenvalue weighted by molar-refractivity contribution is 7.92. The van der Waals surface area contributed by atoms with E-state index in [4.69, 9.17) is 0 Å². The number of hydrogen-bond donors (Lipinski definition) is 0. The van der Waals surface area contributed by atoms with Gasteiger partial charge in [-0.25, -0.2) is 8.42 Å². The lowest BCUT2D eigenvalue weighted by molar-refractivity contribution is -0.150. The number of hydrogen-bond acceptors (Lipinski definition) is 3. The molecule has 0 aromatic rings. The first kappa shape index (κ1) is 16.3. The molecule has 0 spiro atoms. The second kappa shape index (κ2) is 5.68. The van der Waals surface area contributed by atoms with E-state index >= 15 is 0 Å². The Kier molecular flexibility index (Phi) is 4.86. The zero-order valence-corrected chi connectivity index (χ0v) is 11.7. The van der Waals surface area contributed by atoms with Crippen molar-refractivity contribution >= 4 is 15.7 Å². The van der Waals surface area contributed by atoms with Crippen LogP contribution in [-0.2, 0) is 14.6 Å². The fourth-order valence-electron chi connectivity index (χ4n) is 1.88. The normalized spacial score (nSPS) is 17.7. The summed E-state index contributed by atoms with van der Waals surface area (Å²) in [6.45, 7) is 3.60. The van der Waals surface area contributed by atoms with Crippen molar-refractivity contribution in [2.45, 2.75) is 38.1 Å². The quantitative estimate of drug-likeness (QED) is 0.775. The zero-order chi connectivity index (χ0) is 14.8. The molecule has 0 unspecified atom stereocenters. The van der Waals surface area contributed by atoms with Gasteiger partial charge in [0.1, 0.15) is 0 Å².